The molecule has 30 heavy (non-hydrogen) atoms. The average Bonchev–Trinajstić information content (AvgIpc) is 2.61. The van der Waals surface area contributed by atoms with Crippen LogP contribution >= 0.6 is 15.9 Å². The lowest BCUT2D eigenvalue weighted by molar-refractivity contribution is -0.176. The van der Waals surface area contributed by atoms with E-state index in [0.717, 1.165) is 12.1 Å². The van der Waals surface area contributed by atoms with Gasteiger partial charge in [0.25, 0.3) is 0 Å². The van der Waals surface area contributed by atoms with E-state index in [4.69, 9.17) is 9.47 Å². The number of likely N-dealkylation sites (tertiary alicyclic amines) is 1. The van der Waals surface area contributed by atoms with Crippen LogP contribution in [0.1, 0.15) is 33.3 Å². The largest absolute Gasteiger partial charge is 0.464 e. The third-order valence-corrected chi connectivity index (χ3v) is 4.95. The fourth-order valence-electron chi connectivity index (χ4n) is 3.09. The molecule has 1 aromatic carbocycles. The first-order valence-electron chi connectivity index (χ1n) is 9.39. The van der Waals surface area contributed by atoms with Gasteiger partial charge >= 0.3 is 12.1 Å². The Balaban J connectivity index is 2.34. The number of carbonyl (C=O) groups is 3. The van der Waals surface area contributed by atoms with E-state index in [1.54, 1.807) is 27.7 Å². The summed E-state index contributed by atoms with van der Waals surface area (Å²) in [5.41, 5.74) is -1.89. The van der Waals surface area contributed by atoms with Crippen molar-refractivity contribution in [1.82, 2.24) is 9.80 Å². The van der Waals surface area contributed by atoms with E-state index in [2.05, 4.69) is 15.9 Å². The maximum absolute atomic E-state index is 13.7. The molecule has 2 rings (SSSR count). The molecular weight excluding hydrogens is 466 g/mol. The summed E-state index contributed by atoms with van der Waals surface area (Å²) >= 11 is 3.09. The van der Waals surface area contributed by atoms with Crippen molar-refractivity contribution in [3.8, 4) is 0 Å². The molecule has 0 spiro atoms. The lowest BCUT2D eigenvalue weighted by Crippen LogP contribution is -2.76. The van der Waals surface area contributed by atoms with Gasteiger partial charge in [-0.15, -0.1) is 0 Å². The quantitative estimate of drug-likeness (QED) is 0.451. The zero-order valence-corrected chi connectivity index (χ0v) is 18.9. The van der Waals surface area contributed by atoms with Gasteiger partial charge in [0.1, 0.15) is 5.60 Å². The molecule has 1 aromatic rings. The highest BCUT2D eigenvalue weighted by atomic mass is 79.9. The third kappa shape index (κ3) is 5.27. The van der Waals surface area contributed by atoms with E-state index in [1.165, 1.54) is 15.9 Å². The van der Waals surface area contributed by atoms with E-state index in [9.17, 15) is 23.2 Å². The number of hydrogen-bond donors (Lipinski definition) is 0. The van der Waals surface area contributed by atoms with Crippen LogP contribution in [0, 0.1) is 11.6 Å². The lowest BCUT2D eigenvalue weighted by Gasteiger charge is -2.53. The Morgan fingerprint density at radius 2 is 1.83 bits per heavy atom. The Labute approximate surface area is 182 Å². The summed E-state index contributed by atoms with van der Waals surface area (Å²) in [6.07, 6.45) is -0.624. The Morgan fingerprint density at radius 3 is 2.33 bits per heavy atom. The van der Waals surface area contributed by atoms with Crippen LogP contribution in [0.25, 0.3) is 0 Å². The van der Waals surface area contributed by atoms with Gasteiger partial charge in [-0.25, -0.2) is 18.4 Å². The normalized spacial score (nSPS) is 15.2. The van der Waals surface area contributed by atoms with E-state index >= 15 is 0 Å². The summed E-state index contributed by atoms with van der Waals surface area (Å²) in [6, 6.07) is 3.25. The molecule has 1 saturated heterocycles. The van der Waals surface area contributed by atoms with Gasteiger partial charge in [-0.05, 0) is 45.4 Å². The second kappa shape index (κ2) is 9.28. The molecule has 1 aliphatic heterocycles. The number of ether oxygens (including phenoxy) is 2. The first-order chi connectivity index (χ1) is 13.9. The molecular formula is C20H25BrF2N2O5. The van der Waals surface area contributed by atoms with Gasteiger partial charge in [0.15, 0.2) is 17.2 Å². The molecule has 1 aliphatic rings. The van der Waals surface area contributed by atoms with Crippen molar-refractivity contribution in [2.75, 3.05) is 25.0 Å². The first kappa shape index (κ1) is 24.0. The Kier molecular flexibility index (Phi) is 7.44. The van der Waals surface area contributed by atoms with E-state index in [1.807, 2.05) is 0 Å². The van der Waals surface area contributed by atoms with Crippen molar-refractivity contribution in [3.05, 3.63) is 35.4 Å². The van der Waals surface area contributed by atoms with Crippen molar-refractivity contribution in [3.63, 3.8) is 0 Å². The van der Waals surface area contributed by atoms with Gasteiger partial charge in [0.2, 0.25) is 5.91 Å². The molecule has 0 unspecified atom stereocenters. The summed E-state index contributed by atoms with van der Waals surface area (Å²) in [4.78, 5) is 40.4. The van der Waals surface area contributed by atoms with Crippen LogP contribution in [-0.4, -0.2) is 63.9 Å². The molecule has 166 valence electrons. The van der Waals surface area contributed by atoms with E-state index < -0.39 is 40.7 Å². The molecule has 0 bridgehead atoms. The number of benzene rings is 1. The molecule has 0 radical (unpaired) electrons. The first-order valence-corrected chi connectivity index (χ1v) is 10.5. The van der Waals surface area contributed by atoms with Crippen LogP contribution in [-0.2, 0) is 25.6 Å². The fourth-order valence-corrected chi connectivity index (χ4v) is 3.39. The summed E-state index contributed by atoms with van der Waals surface area (Å²) in [6.45, 7) is 6.42. The highest BCUT2D eigenvalue weighted by Crippen LogP contribution is 2.33. The van der Waals surface area contributed by atoms with Crippen LogP contribution in [0.3, 0.4) is 0 Å². The number of esters is 1. The van der Waals surface area contributed by atoms with Crippen molar-refractivity contribution < 1.29 is 32.6 Å². The second-order valence-corrected chi connectivity index (χ2v) is 8.51. The minimum atomic E-state index is -1.46. The van der Waals surface area contributed by atoms with Crippen molar-refractivity contribution in [2.45, 2.75) is 45.4 Å². The van der Waals surface area contributed by atoms with Gasteiger partial charge in [0, 0.05) is 6.54 Å². The van der Waals surface area contributed by atoms with E-state index in [-0.39, 0.29) is 31.6 Å². The molecule has 2 amide bonds. The number of alkyl halides is 1. The van der Waals surface area contributed by atoms with Gasteiger partial charge in [-0.1, -0.05) is 22.0 Å². The van der Waals surface area contributed by atoms with Crippen molar-refractivity contribution >= 4 is 33.9 Å². The zero-order valence-electron chi connectivity index (χ0n) is 17.3. The predicted octanol–water partition coefficient (Wildman–Crippen LogP) is 3.24. The molecule has 7 nitrogen and oxygen atoms in total. The maximum atomic E-state index is 13.7. The predicted molar refractivity (Wildman–Crippen MR) is 108 cm³/mol. The lowest BCUT2D eigenvalue weighted by atomic mass is 9.87. The Morgan fingerprint density at radius 1 is 1.20 bits per heavy atom. The number of nitrogens with zero attached hydrogens (tertiary/aromatic N) is 2. The topological polar surface area (TPSA) is 76.2 Å². The molecule has 0 saturated carbocycles. The van der Waals surface area contributed by atoms with E-state index in [0.29, 0.717) is 5.56 Å². The van der Waals surface area contributed by atoms with Crippen LogP contribution in [0.5, 0.6) is 0 Å². The maximum Gasteiger partial charge on any atom is 0.410 e. The monoisotopic (exact) mass is 490 g/mol. The SMILES string of the molecule is CCOC(=O)C1(N(Cc2ccc(F)c(F)c2)C(=O)CBr)CN(C(=O)OC(C)(C)C)C1. The number of carbonyl (C=O) groups excluding carboxylic acids is 3. The minimum Gasteiger partial charge on any atom is -0.464 e. The Bertz CT molecular complexity index is 822. The Hall–Kier alpha value is -2.23. The van der Waals surface area contributed by atoms with Crippen LogP contribution in [0.15, 0.2) is 18.2 Å². The molecule has 1 heterocycles. The van der Waals surface area contributed by atoms with Crippen LogP contribution in [0.4, 0.5) is 13.6 Å². The smallest absolute Gasteiger partial charge is 0.410 e. The molecule has 0 aromatic heterocycles. The standard InChI is InChI=1S/C20H25BrF2N2O5/c1-5-29-17(27)20(11-24(12-20)18(28)30-19(2,3)4)25(16(26)9-21)10-13-6-7-14(22)15(23)8-13/h6-8H,5,9-12H2,1-4H3. The summed E-state index contributed by atoms with van der Waals surface area (Å²) in [7, 11) is 0. The van der Waals surface area contributed by atoms with Crippen molar-refractivity contribution in [2.24, 2.45) is 0 Å². The van der Waals surface area contributed by atoms with Crippen molar-refractivity contribution in [1.29, 1.82) is 0 Å². The van der Waals surface area contributed by atoms with Crippen LogP contribution in [0.2, 0.25) is 0 Å². The number of halogens is 3. The minimum absolute atomic E-state index is 0.0779. The summed E-state index contributed by atoms with van der Waals surface area (Å²) in [5, 5.41) is -0.107. The van der Waals surface area contributed by atoms with Gasteiger partial charge < -0.3 is 19.3 Å². The molecule has 0 N–H and O–H groups in total. The van der Waals surface area contributed by atoms with Gasteiger partial charge in [-0.3, -0.25) is 4.79 Å². The van der Waals surface area contributed by atoms with Crippen LogP contribution < -0.4 is 0 Å². The fraction of sp³-hybridized carbons (Fsp3) is 0.550. The number of hydrogen-bond acceptors (Lipinski definition) is 5. The zero-order chi connectivity index (χ0) is 22.7. The number of amides is 2. The number of rotatable bonds is 6. The third-order valence-electron chi connectivity index (χ3n) is 4.47. The molecule has 1 fully saturated rings. The summed E-state index contributed by atoms with van der Waals surface area (Å²) in [5.74, 6) is -3.22. The second-order valence-electron chi connectivity index (χ2n) is 7.95. The highest BCUT2D eigenvalue weighted by molar-refractivity contribution is 9.09. The molecule has 0 aliphatic carbocycles. The average molecular weight is 491 g/mol. The van der Waals surface area contributed by atoms with Gasteiger partial charge in [0.05, 0.1) is 25.0 Å². The molecule has 10 heteroatoms. The highest BCUT2D eigenvalue weighted by Gasteiger charge is 2.58. The summed E-state index contributed by atoms with van der Waals surface area (Å²) < 4.78 is 37.4. The van der Waals surface area contributed by atoms with Gasteiger partial charge in [-0.2, -0.15) is 0 Å². The molecule has 0 atom stereocenters.